The summed E-state index contributed by atoms with van der Waals surface area (Å²) in [7, 11) is 0. The zero-order chi connectivity index (χ0) is 19.8. The van der Waals surface area contributed by atoms with E-state index in [9.17, 15) is 4.79 Å². The molecule has 3 heteroatoms. The molecule has 0 radical (unpaired) electrons. The van der Waals surface area contributed by atoms with Gasteiger partial charge < -0.3 is 4.90 Å². The van der Waals surface area contributed by atoms with Crippen LogP contribution < -0.4 is 4.90 Å². The fourth-order valence-corrected chi connectivity index (χ4v) is 4.23. The molecular weight excluding hydrogens is 344 g/mol. The Bertz CT molecular complexity index is 708. The van der Waals surface area contributed by atoms with E-state index in [2.05, 4.69) is 42.2 Å². The molecule has 1 fully saturated rings. The lowest BCUT2D eigenvalue weighted by Gasteiger charge is -2.38. The van der Waals surface area contributed by atoms with Gasteiger partial charge in [-0.3, -0.25) is 9.69 Å². The summed E-state index contributed by atoms with van der Waals surface area (Å²) in [6.07, 6.45) is 5.56. The first-order chi connectivity index (χ1) is 13.7. The molecule has 0 aliphatic carbocycles. The zero-order valence-electron chi connectivity index (χ0n) is 17.4. The average Bonchev–Trinajstić information content (AvgIpc) is 2.77. The minimum atomic E-state index is 0.204. The fourth-order valence-electron chi connectivity index (χ4n) is 4.23. The van der Waals surface area contributed by atoms with Gasteiger partial charge in [-0.05, 0) is 69.3 Å². The van der Waals surface area contributed by atoms with E-state index in [4.69, 9.17) is 0 Å². The van der Waals surface area contributed by atoms with Crippen LogP contribution in [0.1, 0.15) is 45.1 Å². The van der Waals surface area contributed by atoms with Crippen molar-refractivity contribution in [1.29, 1.82) is 0 Å². The molecule has 1 amide bonds. The van der Waals surface area contributed by atoms with Crippen LogP contribution in [0.2, 0.25) is 0 Å². The molecule has 3 nitrogen and oxygen atoms in total. The van der Waals surface area contributed by atoms with Crippen molar-refractivity contribution < 1.29 is 4.79 Å². The largest absolute Gasteiger partial charge is 0.311 e. The molecular formula is C25H34N2O. The van der Waals surface area contributed by atoms with Gasteiger partial charge >= 0.3 is 0 Å². The summed E-state index contributed by atoms with van der Waals surface area (Å²) >= 11 is 0. The van der Waals surface area contributed by atoms with Crippen molar-refractivity contribution >= 4 is 11.6 Å². The van der Waals surface area contributed by atoms with Crippen molar-refractivity contribution in [1.82, 2.24) is 4.90 Å². The summed E-state index contributed by atoms with van der Waals surface area (Å²) in [5.41, 5.74) is 2.47. The Morgan fingerprint density at radius 2 is 1.64 bits per heavy atom. The monoisotopic (exact) mass is 378 g/mol. The summed E-state index contributed by atoms with van der Waals surface area (Å²) in [5, 5.41) is 0. The second-order valence-corrected chi connectivity index (χ2v) is 8.05. The number of nitrogens with zero attached hydrogens (tertiary/aromatic N) is 2. The Hall–Kier alpha value is -2.13. The van der Waals surface area contributed by atoms with Gasteiger partial charge in [0.15, 0.2) is 0 Å². The van der Waals surface area contributed by atoms with Crippen LogP contribution in [0.15, 0.2) is 60.7 Å². The Morgan fingerprint density at radius 1 is 1.04 bits per heavy atom. The standard InChI is InChI=1S/C25H34N2O/c1-3-25(28)27(24-12-8-5-9-13-24)20-21(2)26-18-16-23(17-19-26)15-14-22-10-6-4-7-11-22/h4-13,21,23H,3,14-20H2,1-2H3. The van der Waals surface area contributed by atoms with Gasteiger partial charge in [-0.1, -0.05) is 55.5 Å². The van der Waals surface area contributed by atoms with Crippen molar-refractivity contribution in [2.45, 2.75) is 52.0 Å². The molecule has 1 aliphatic heterocycles. The van der Waals surface area contributed by atoms with Crippen molar-refractivity contribution in [2.75, 3.05) is 24.5 Å². The molecule has 0 bridgehead atoms. The number of likely N-dealkylation sites (tertiary alicyclic amines) is 1. The molecule has 2 aromatic rings. The molecule has 0 aromatic heterocycles. The lowest BCUT2D eigenvalue weighted by atomic mass is 9.90. The highest BCUT2D eigenvalue weighted by Gasteiger charge is 2.25. The van der Waals surface area contributed by atoms with Gasteiger partial charge in [0, 0.05) is 24.7 Å². The van der Waals surface area contributed by atoms with E-state index in [0.717, 1.165) is 31.2 Å². The lowest BCUT2D eigenvalue weighted by molar-refractivity contribution is -0.118. The van der Waals surface area contributed by atoms with E-state index in [1.807, 2.05) is 42.2 Å². The van der Waals surface area contributed by atoms with Crippen LogP contribution in [0.5, 0.6) is 0 Å². The number of hydrogen-bond acceptors (Lipinski definition) is 2. The summed E-state index contributed by atoms with van der Waals surface area (Å²) in [4.78, 5) is 17.0. The number of hydrogen-bond donors (Lipinski definition) is 0. The first-order valence-corrected chi connectivity index (χ1v) is 10.8. The minimum absolute atomic E-state index is 0.204. The SMILES string of the molecule is CCC(=O)N(CC(C)N1CCC(CCc2ccccc2)CC1)c1ccccc1. The van der Waals surface area contributed by atoms with Crippen LogP contribution in [0, 0.1) is 5.92 Å². The highest BCUT2D eigenvalue weighted by atomic mass is 16.2. The van der Waals surface area contributed by atoms with Gasteiger partial charge in [0.25, 0.3) is 0 Å². The molecule has 0 saturated carbocycles. The maximum Gasteiger partial charge on any atom is 0.226 e. The first-order valence-electron chi connectivity index (χ1n) is 10.8. The number of anilines is 1. The summed E-state index contributed by atoms with van der Waals surface area (Å²) in [6.45, 7) is 7.27. The lowest BCUT2D eigenvalue weighted by Crippen LogP contribution is -2.47. The maximum atomic E-state index is 12.5. The molecule has 0 N–H and O–H groups in total. The molecule has 1 saturated heterocycles. The van der Waals surface area contributed by atoms with Crippen LogP contribution in [0.4, 0.5) is 5.69 Å². The second-order valence-electron chi connectivity index (χ2n) is 8.05. The second kappa shape index (κ2) is 10.4. The Kier molecular flexibility index (Phi) is 7.67. The highest BCUT2D eigenvalue weighted by Crippen LogP contribution is 2.25. The van der Waals surface area contributed by atoms with Gasteiger partial charge in [-0.25, -0.2) is 0 Å². The van der Waals surface area contributed by atoms with E-state index in [-0.39, 0.29) is 5.91 Å². The van der Waals surface area contributed by atoms with Crippen LogP contribution in [-0.2, 0) is 11.2 Å². The van der Waals surface area contributed by atoms with E-state index < -0.39 is 0 Å². The third-order valence-electron chi connectivity index (χ3n) is 6.07. The highest BCUT2D eigenvalue weighted by molar-refractivity contribution is 5.93. The predicted molar refractivity (Wildman–Crippen MR) is 118 cm³/mol. The molecule has 28 heavy (non-hydrogen) atoms. The van der Waals surface area contributed by atoms with Crippen LogP contribution in [-0.4, -0.2) is 36.5 Å². The molecule has 3 rings (SSSR count). The molecule has 1 aliphatic rings. The molecule has 150 valence electrons. The maximum absolute atomic E-state index is 12.5. The summed E-state index contributed by atoms with van der Waals surface area (Å²) in [6, 6.07) is 21.3. The quantitative estimate of drug-likeness (QED) is 0.633. The van der Waals surface area contributed by atoms with E-state index >= 15 is 0 Å². The van der Waals surface area contributed by atoms with Crippen molar-refractivity contribution in [2.24, 2.45) is 5.92 Å². The third kappa shape index (κ3) is 5.68. The number of aryl methyl sites for hydroxylation is 1. The van der Waals surface area contributed by atoms with E-state index in [1.54, 1.807) is 0 Å². The van der Waals surface area contributed by atoms with Gasteiger partial charge in [-0.15, -0.1) is 0 Å². The van der Waals surface area contributed by atoms with Crippen LogP contribution in [0.3, 0.4) is 0 Å². The number of amides is 1. The Labute approximate surface area is 170 Å². The number of carbonyl (C=O) groups excluding carboxylic acids is 1. The van der Waals surface area contributed by atoms with Gasteiger partial charge in [0.2, 0.25) is 5.91 Å². The van der Waals surface area contributed by atoms with Gasteiger partial charge in [-0.2, -0.15) is 0 Å². The molecule has 0 spiro atoms. The first kappa shape index (κ1) is 20.6. The van der Waals surface area contributed by atoms with Crippen LogP contribution >= 0.6 is 0 Å². The third-order valence-corrected chi connectivity index (χ3v) is 6.07. The minimum Gasteiger partial charge on any atom is -0.311 e. The number of rotatable bonds is 8. The predicted octanol–water partition coefficient (Wildman–Crippen LogP) is 5.16. The van der Waals surface area contributed by atoms with E-state index in [1.165, 1.54) is 31.2 Å². The summed E-state index contributed by atoms with van der Waals surface area (Å²) in [5.74, 6) is 1.03. The fraction of sp³-hybridized carbons (Fsp3) is 0.480. The zero-order valence-corrected chi connectivity index (χ0v) is 17.4. The van der Waals surface area contributed by atoms with Gasteiger partial charge in [0.1, 0.15) is 0 Å². The number of benzene rings is 2. The molecule has 1 atom stereocenters. The number of piperidine rings is 1. The van der Waals surface area contributed by atoms with Crippen molar-refractivity contribution in [3.05, 3.63) is 66.2 Å². The average molecular weight is 379 g/mol. The number of carbonyl (C=O) groups is 1. The van der Waals surface area contributed by atoms with Crippen LogP contribution in [0.25, 0.3) is 0 Å². The summed E-state index contributed by atoms with van der Waals surface area (Å²) < 4.78 is 0. The normalized spacial score (nSPS) is 16.6. The Morgan fingerprint density at radius 3 is 2.25 bits per heavy atom. The van der Waals surface area contributed by atoms with Gasteiger partial charge in [0.05, 0.1) is 0 Å². The van der Waals surface area contributed by atoms with Crippen molar-refractivity contribution in [3.63, 3.8) is 0 Å². The number of para-hydroxylation sites is 1. The topological polar surface area (TPSA) is 23.6 Å². The van der Waals surface area contributed by atoms with E-state index in [0.29, 0.717) is 12.5 Å². The van der Waals surface area contributed by atoms with Crippen molar-refractivity contribution in [3.8, 4) is 0 Å². The molecule has 1 heterocycles. The Balaban J connectivity index is 1.49. The molecule has 2 aromatic carbocycles. The molecule has 1 unspecified atom stereocenters. The smallest absolute Gasteiger partial charge is 0.226 e.